The molecule has 20 heavy (non-hydrogen) atoms. The van der Waals surface area contributed by atoms with E-state index in [1.807, 2.05) is 18.4 Å². The van der Waals surface area contributed by atoms with Gasteiger partial charge in [-0.15, -0.1) is 16.4 Å². The second kappa shape index (κ2) is 7.20. The van der Waals surface area contributed by atoms with Crippen molar-refractivity contribution < 1.29 is 9.59 Å². The number of H-pyrrole nitrogens is 1. The molecule has 8 heteroatoms. The molecular formula is C12H14N4O2S2. The maximum absolute atomic E-state index is 11.7. The number of carbonyl (C=O) groups is 2. The van der Waals surface area contributed by atoms with Gasteiger partial charge in [-0.3, -0.25) is 14.9 Å². The quantitative estimate of drug-likeness (QED) is 0.606. The molecule has 0 spiro atoms. The van der Waals surface area contributed by atoms with Crippen molar-refractivity contribution in [1.82, 2.24) is 15.2 Å². The maximum atomic E-state index is 11.7. The molecule has 0 saturated heterocycles. The number of thioether (sulfide) groups is 1. The largest absolute Gasteiger partial charge is 0.295 e. The number of hydrogen-bond acceptors (Lipinski definition) is 6. The third kappa shape index (κ3) is 4.17. The first-order chi connectivity index (χ1) is 9.69. The van der Waals surface area contributed by atoms with Gasteiger partial charge in [0.25, 0.3) is 0 Å². The lowest BCUT2D eigenvalue weighted by Gasteiger charge is -2.00. The third-order valence-electron chi connectivity index (χ3n) is 2.37. The molecule has 0 atom stereocenters. The van der Waals surface area contributed by atoms with Crippen LogP contribution in [0.5, 0.6) is 0 Å². The van der Waals surface area contributed by atoms with E-state index in [0.717, 1.165) is 5.75 Å². The smallest absolute Gasteiger partial charge is 0.227 e. The lowest BCUT2D eigenvalue weighted by molar-refractivity contribution is -0.116. The van der Waals surface area contributed by atoms with E-state index < -0.39 is 0 Å². The predicted molar refractivity (Wildman–Crippen MR) is 79.3 cm³/mol. The molecule has 0 aliphatic carbocycles. The molecule has 6 nitrogen and oxygen atoms in total. The van der Waals surface area contributed by atoms with Crippen LogP contribution in [-0.2, 0) is 4.79 Å². The molecule has 0 bridgehead atoms. The Balaban J connectivity index is 1.78. The molecular weight excluding hydrogens is 296 g/mol. The normalized spacial score (nSPS) is 10.4. The van der Waals surface area contributed by atoms with Crippen LogP contribution in [0.2, 0.25) is 0 Å². The summed E-state index contributed by atoms with van der Waals surface area (Å²) >= 11 is 2.87. The number of aromatic amines is 1. The molecule has 0 aliphatic rings. The number of nitrogens with zero attached hydrogens (tertiary/aromatic N) is 2. The Bertz CT molecular complexity index is 580. The standard InChI is InChI=1S/C12H14N4O2S2/c1-2-19-12-14-11(15-16-12)13-10(18)6-5-8(17)9-4-3-7-20-9/h3-4,7H,2,5-6H2,1H3,(H2,13,14,15,16,18). The fraction of sp³-hybridized carbons (Fsp3) is 0.333. The van der Waals surface area contributed by atoms with Crippen molar-refractivity contribution in [1.29, 1.82) is 0 Å². The summed E-state index contributed by atoms with van der Waals surface area (Å²) in [4.78, 5) is 28.2. The van der Waals surface area contributed by atoms with Gasteiger partial charge >= 0.3 is 0 Å². The van der Waals surface area contributed by atoms with E-state index in [1.54, 1.807) is 6.07 Å². The molecule has 2 aromatic rings. The molecule has 1 amide bonds. The van der Waals surface area contributed by atoms with Gasteiger partial charge < -0.3 is 0 Å². The highest BCUT2D eigenvalue weighted by Gasteiger charge is 2.11. The van der Waals surface area contributed by atoms with Gasteiger partial charge in [0, 0.05) is 12.8 Å². The first-order valence-electron chi connectivity index (χ1n) is 6.10. The summed E-state index contributed by atoms with van der Waals surface area (Å²) in [6.45, 7) is 2.00. The molecule has 2 heterocycles. The number of Topliss-reactive ketones (excluding diaryl/α,β-unsaturated/α-hetero) is 1. The maximum Gasteiger partial charge on any atom is 0.227 e. The van der Waals surface area contributed by atoms with Crippen molar-refractivity contribution in [2.75, 3.05) is 11.1 Å². The SMILES string of the molecule is CCSc1n[nH]c(NC(=O)CCC(=O)c2cccs2)n1. The summed E-state index contributed by atoms with van der Waals surface area (Å²) in [6, 6.07) is 3.58. The van der Waals surface area contributed by atoms with Crippen LogP contribution in [0.4, 0.5) is 5.95 Å². The number of carbonyl (C=O) groups excluding carboxylic acids is 2. The van der Waals surface area contributed by atoms with Gasteiger partial charge in [0.05, 0.1) is 4.88 Å². The fourth-order valence-corrected chi connectivity index (χ4v) is 2.70. The van der Waals surface area contributed by atoms with E-state index in [2.05, 4.69) is 20.5 Å². The minimum Gasteiger partial charge on any atom is -0.295 e. The van der Waals surface area contributed by atoms with Crippen LogP contribution in [0.1, 0.15) is 29.4 Å². The Morgan fingerprint density at radius 3 is 3.00 bits per heavy atom. The molecule has 0 radical (unpaired) electrons. The van der Waals surface area contributed by atoms with Gasteiger partial charge in [0.15, 0.2) is 5.78 Å². The second-order valence-electron chi connectivity index (χ2n) is 3.85. The first-order valence-corrected chi connectivity index (χ1v) is 7.97. The Morgan fingerprint density at radius 2 is 2.30 bits per heavy atom. The molecule has 0 aliphatic heterocycles. The zero-order chi connectivity index (χ0) is 14.4. The van der Waals surface area contributed by atoms with Crippen LogP contribution in [-0.4, -0.2) is 32.6 Å². The van der Waals surface area contributed by atoms with Crippen LogP contribution in [0.25, 0.3) is 0 Å². The van der Waals surface area contributed by atoms with Gasteiger partial charge in [0.1, 0.15) is 0 Å². The third-order valence-corrected chi connectivity index (χ3v) is 4.01. The summed E-state index contributed by atoms with van der Waals surface area (Å²) in [5.74, 6) is 0.907. The number of rotatable bonds is 7. The topological polar surface area (TPSA) is 87.7 Å². The Kier molecular flexibility index (Phi) is 5.31. The highest BCUT2D eigenvalue weighted by Crippen LogP contribution is 2.14. The van der Waals surface area contributed by atoms with E-state index in [9.17, 15) is 9.59 Å². The predicted octanol–water partition coefficient (Wildman–Crippen LogP) is 2.58. The highest BCUT2D eigenvalue weighted by molar-refractivity contribution is 7.99. The van der Waals surface area contributed by atoms with Crippen molar-refractivity contribution in [3.63, 3.8) is 0 Å². The molecule has 2 aromatic heterocycles. The van der Waals surface area contributed by atoms with Gasteiger partial charge in [-0.25, -0.2) is 5.10 Å². The average molecular weight is 310 g/mol. The van der Waals surface area contributed by atoms with Crippen LogP contribution in [0, 0.1) is 0 Å². The molecule has 0 fully saturated rings. The minimum atomic E-state index is -0.251. The zero-order valence-electron chi connectivity index (χ0n) is 10.9. The van der Waals surface area contributed by atoms with E-state index in [4.69, 9.17) is 0 Å². The number of hydrogen-bond donors (Lipinski definition) is 2. The van der Waals surface area contributed by atoms with Gasteiger partial charge in [-0.05, 0) is 17.2 Å². The molecule has 2 rings (SSSR count). The van der Waals surface area contributed by atoms with Gasteiger partial charge in [0.2, 0.25) is 17.0 Å². The first kappa shape index (κ1) is 14.7. The summed E-state index contributed by atoms with van der Waals surface area (Å²) in [7, 11) is 0. The minimum absolute atomic E-state index is 0.0186. The zero-order valence-corrected chi connectivity index (χ0v) is 12.5. The number of thiophene rings is 1. The van der Waals surface area contributed by atoms with Crippen LogP contribution < -0.4 is 5.32 Å². The number of anilines is 1. The molecule has 106 valence electrons. The summed E-state index contributed by atoms with van der Waals surface area (Å²) in [5, 5.41) is 11.6. The van der Waals surface area contributed by atoms with Crippen LogP contribution in [0.3, 0.4) is 0 Å². The van der Waals surface area contributed by atoms with E-state index in [0.29, 0.717) is 16.0 Å². The van der Waals surface area contributed by atoms with E-state index in [-0.39, 0.29) is 24.5 Å². The lowest BCUT2D eigenvalue weighted by atomic mass is 10.2. The van der Waals surface area contributed by atoms with E-state index >= 15 is 0 Å². The van der Waals surface area contributed by atoms with Crippen LogP contribution in [0.15, 0.2) is 22.7 Å². The number of aromatic nitrogens is 3. The van der Waals surface area contributed by atoms with Crippen molar-refractivity contribution >= 4 is 40.7 Å². The summed E-state index contributed by atoms with van der Waals surface area (Å²) in [6.07, 6.45) is 0.324. The number of ketones is 1. The molecule has 2 N–H and O–H groups in total. The monoisotopic (exact) mass is 310 g/mol. The van der Waals surface area contributed by atoms with Crippen molar-refractivity contribution in [3.8, 4) is 0 Å². The summed E-state index contributed by atoms with van der Waals surface area (Å²) in [5.41, 5.74) is 0. The van der Waals surface area contributed by atoms with Crippen molar-refractivity contribution in [2.45, 2.75) is 24.9 Å². The molecule has 0 unspecified atom stereocenters. The van der Waals surface area contributed by atoms with E-state index in [1.165, 1.54) is 23.1 Å². The van der Waals surface area contributed by atoms with Gasteiger partial charge in [-0.2, -0.15) is 4.98 Å². The number of amides is 1. The average Bonchev–Trinajstić information content (AvgIpc) is 3.08. The van der Waals surface area contributed by atoms with Crippen LogP contribution >= 0.6 is 23.1 Å². The number of nitrogens with one attached hydrogen (secondary N) is 2. The van der Waals surface area contributed by atoms with Crippen molar-refractivity contribution in [3.05, 3.63) is 22.4 Å². The Hall–Kier alpha value is -1.67. The second-order valence-corrected chi connectivity index (χ2v) is 6.03. The molecule has 0 saturated carbocycles. The fourth-order valence-electron chi connectivity index (χ4n) is 1.48. The highest BCUT2D eigenvalue weighted by atomic mass is 32.2. The van der Waals surface area contributed by atoms with Crippen molar-refractivity contribution in [2.24, 2.45) is 0 Å². The summed E-state index contributed by atoms with van der Waals surface area (Å²) < 4.78 is 0. The molecule has 0 aromatic carbocycles. The Morgan fingerprint density at radius 1 is 1.45 bits per heavy atom. The Labute approximate surface area is 124 Å². The lowest BCUT2D eigenvalue weighted by Crippen LogP contribution is -2.14. The van der Waals surface area contributed by atoms with Gasteiger partial charge in [-0.1, -0.05) is 24.8 Å².